The van der Waals surface area contributed by atoms with E-state index in [-0.39, 0.29) is 69.7 Å². The lowest BCUT2D eigenvalue weighted by molar-refractivity contribution is -0.137. The Kier molecular flexibility index (Phi) is 7.04. The predicted molar refractivity (Wildman–Crippen MR) is 175 cm³/mol. The maximum absolute atomic E-state index is 14.7. The molecule has 3 aromatic heterocycles. The Morgan fingerprint density at radius 3 is 2.73 bits per heavy atom. The van der Waals surface area contributed by atoms with E-state index in [1.165, 1.54) is 4.52 Å². The number of hydrogen-bond donors (Lipinski definition) is 3. The molecule has 5 unspecified atom stereocenters. The Balaban J connectivity index is 1.12. The average Bonchev–Trinajstić information content (AvgIpc) is 3.51. The number of carbonyl (C=O) groups is 2. The number of nitrogens with one attached hydrogen (secondary N) is 2. The minimum atomic E-state index is -4.60. The van der Waals surface area contributed by atoms with Crippen molar-refractivity contribution in [2.24, 2.45) is 11.8 Å². The zero-order valence-corrected chi connectivity index (χ0v) is 28.0. The topological polar surface area (TPSA) is 160 Å². The molecule has 5 heterocycles. The van der Waals surface area contributed by atoms with E-state index in [9.17, 15) is 32.7 Å². The van der Waals surface area contributed by atoms with Crippen LogP contribution in [0.15, 0.2) is 29.1 Å². The van der Waals surface area contributed by atoms with Gasteiger partial charge < -0.3 is 24.6 Å². The Labute approximate surface area is 292 Å². The maximum Gasteiger partial charge on any atom is 0.416 e. The van der Waals surface area contributed by atoms with Crippen LogP contribution in [0.4, 0.5) is 18.9 Å². The number of carbonyl (C=O) groups excluding carboxylic acids is 2. The molecule has 5 atom stereocenters. The largest absolute Gasteiger partial charge is 0.504 e. The van der Waals surface area contributed by atoms with Crippen LogP contribution in [0.1, 0.15) is 76.8 Å². The number of nitrogens with zero attached hydrogens (tertiary/aromatic N) is 6. The molecule has 5 aliphatic rings. The van der Waals surface area contributed by atoms with E-state index in [4.69, 9.17) is 21.3 Å². The summed E-state index contributed by atoms with van der Waals surface area (Å²) in [4.78, 5) is 48.6. The van der Waals surface area contributed by atoms with E-state index < -0.39 is 23.1 Å². The molecule has 0 radical (unpaired) electrons. The molecule has 9 rings (SSSR count). The lowest BCUT2D eigenvalue weighted by Crippen LogP contribution is -2.64. The summed E-state index contributed by atoms with van der Waals surface area (Å²) in [6.07, 6.45) is 0.671. The molecule has 2 aliphatic heterocycles. The number of alkyl halides is 3. The molecule has 51 heavy (non-hydrogen) atoms. The van der Waals surface area contributed by atoms with Gasteiger partial charge in [-0.1, -0.05) is 17.7 Å². The van der Waals surface area contributed by atoms with Crippen LogP contribution in [0, 0.1) is 18.8 Å². The number of aromatic amines is 1. The van der Waals surface area contributed by atoms with Gasteiger partial charge in [0.1, 0.15) is 12.2 Å². The normalized spacial score (nSPS) is 26.4. The Morgan fingerprint density at radius 2 is 2.06 bits per heavy atom. The van der Waals surface area contributed by atoms with Gasteiger partial charge in [0.15, 0.2) is 17.3 Å². The van der Waals surface area contributed by atoms with Crippen LogP contribution >= 0.6 is 11.6 Å². The van der Waals surface area contributed by atoms with E-state index >= 15 is 0 Å². The number of rotatable bonds is 5. The van der Waals surface area contributed by atoms with Crippen molar-refractivity contribution < 1.29 is 32.6 Å². The van der Waals surface area contributed by atoms with Crippen LogP contribution in [0.2, 0.25) is 5.02 Å². The highest BCUT2D eigenvalue weighted by atomic mass is 35.5. The first-order valence-corrected chi connectivity index (χ1v) is 17.3. The zero-order chi connectivity index (χ0) is 35.6. The van der Waals surface area contributed by atoms with Crippen LogP contribution in [0.3, 0.4) is 0 Å². The molecule has 3 fully saturated rings. The Hall–Kier alpha value is -4.70. The van der Waals surface area contributed by atoms with Crippen molar-refractivity contribution in [1.29, 1.82) is 0 Å². The van der Waals surface area contributed by atoms with Crippen LogP contribution in [0.5, 0.6) is 5.75 Å². The number of ether oxygens (including phenoxy) is 1. The second kappa shape index (κ2) is 11.1. The van der Waals surface area contributed by atoms with Gasteiger partial charge in [0, 0.05) is 35.2 Å². The summed E-state index contributed by atoms with van der Waals surface area (Å²) in [5.41, 5.74) is 0.739. The number of hydrogen-bond acceptors (Lipinski definition) is 8. The average molecular weight is 725 g/mol. The number of aromatic hydroxyl groups is 1. The third-order valence-corrected chi connectivity index (χ3v) is 11.9. The van der Waals surface area contributed by atoms with Crippen LogP contribution < -0.4 is 10.9 Å². The first-order valence-electron chi connectivity index (χ1n) is 16.9. The van der Waals surface area contributed by atoms with Gasteiger partial charge in [-0.15, -0.1) is 5.10 Å². The number of H-pyrrole nitrogens is 1. The number of piperidine rings is 1. The van der Waals surface area contributed by atoms with Crippen molar-refractivity contribution in [2.45, 2.75) is 69.1 Å². The second-order valence-corrected chi connectivity index (χ2v) is 14.5. The molecular weight excluding hydrogens is 693 g/mol. The Morgan fingerprint density at radius 1 is 1.24 bits per heavy atom. The van der Waals surface area contributed by atoms with Crippen molar-refractivity contribution in [1.82, 2.24) is 34.3 Å². The minimum absolute atomic E-state index is 0.0199. The van der Waals surface area contributed by atoms with Crippen molar-refractivity contribution in [2.75, 3.05) is 25.1 Å². The fraction of sp³-hybridized carbons (Fsp3) is 0.471. The molecule has 17 heteroatoms. The fourth-order valence-electron chi connectivity index (χ4n) is 9.15. The van der Waals surface area contributed by atoms with E-state index in [1.54, 1.807) is 16.4 Å². The number of aryl methyl sites for hydroxylation is 1. The van der Waals surface area contributed by atoms with E-state index in [2.05, 4.69) is 20.6 Å². The highest BCUT2D eigenvalue weighted by molar-refractivity contribution is 6.33. The first kappa shape index (κ1) is 32.2. The third kappa shape index (κ3) is 4.71. The molecule has 4 aromatic rings. The molecule has 266 valence electrons. The zero-order valence-electron chi connectivity index (χ0n) is 27.3. The number of amides is 2. The SMILES string of the molecule is Cc1n[nH]c(C(=O)N2CCC3(c4c(n(CC(=O)Nc5ccc(C(F)(F)F)cc5Cl)c5nc(C6=CCOCC6)nn5c4=O)C4CC43)C3CCC32)c1O. The summed E-state index contributed by atoms with van der Waals surface area (Å²) in [5, 5.41) is 24.2. The monoisotopic (exact) mass is 724 g/mol. The number of benzene rings is 1. The van der Waals surface area contributed by atoms with Crippen LogP contribution in [-0.4, -0.2) is 77.0 Å². The maximum atomic E-state index is 14.7. The second-order valence-electron chi connectivity index (χ2n) is 14.1. The van der Waals surface area contributed by atoms with E-state index in [1.807, 2.05) is 6.08 Å². The smallest absolute Gasteiger partial charge is 0.416 e. The standard InChI is InChI=1S/C34H32ClF3N8O5/c1-15-28(48)26(42-41-15)31(50)44-9-8-33(19-3-5-23(19)44)20-13-18(20)27-25(33)30(49)46-32(40-29(43-46)16-6-10-51-11-7-16)45(27)14-24(47)39-22-4-2-17(12-21(22)35)34(36,37)38/h2,4,6,12,18-20,23,48H,3,5,7-11,13-14H2,1H3,(H,39,47)(H,41,42). The van der Waals surface area contributed by atoms with Gasteiger partial charge in [0.25, 0.3) is 11.5 Å². The van der Waals surface area contributed by atoms with Gasteiger partial charge in [0.05, 0.1) is 29.5 Å². The first-order chi connectivity index (χ1) is 24.4. The molecule has 1 spiro atoms. The minimum Gasteiger partial charge on any atom is -0.504 e. The molecule has 1 aromatic carbocycles. The molecule has 3 aliphatic carbocycles. The van der Waals surface area contributed by atoms with Gasteiger partial charge in [-0.05, 0) is 74.6 Å². The number of aromatic nitrogens is 6. The molecule has 3 N–H and O–H groups in total. The summed E-state index contributed by atoms with van der Waals surface area (Å²) in [5.74, 6) is -0.446. The lowest BCUT2D eigenvalue weighted by atomic mass is 9.54. The summed E-state index contributed by atoms with van der Waals surface area (Å²) in [6.45, 7) is 2.53. The molecule has 1 saturated heterocycles. The fourth-order valence-corrected chi connectivity index (χ4v) is 9.38. The van der Waals surface area contributed by atoms with E-state index in [0.29, 0.717) is 49.7 Å². The van der Waals surface area contributed by atoms with Gasteiger partial charge >= 0.3 is 6.18 Å². The number of fused-ring (bicyclic) bond motifs is 8. The summed E-state index contributed by atoms with van der Waals surface area (Å²) in [7, 11) is 0. The summed E-state index contributed by atoms with van der Waals surface area (Å²) >= 11 is 6.17. The quantitative estimate of drug-likeness (QED) is 0.273. The van der Waals surface area contributed by atoms with Gasteiger partial charge in [0.2, 0.25) is 11.7 Å². The number of likely N-dealkylation sites (tertiary alicyclic amines) is 1. The van der Waals surface area contributed by atoms with E-state index in [0.717, 1.165) is 48.7 Å². The van der Waals surface area contributed by atoms with Gasteiger partial charge in [-0.3, -0.25) is 19.5 Å². The van der Waals surface area contributed by atoms with Gasteiger partial charge in [-0.25, -0.2) is 0 Å². The highest BCUT2D eigenvalue weighted by Gasteiger charge is 2.70. The van der Waals surface area contributed by atoms with Crippen molar-refractivity contribution >= 4 is 40.5 Å². The predicted octanol–water partition coefficient (Wildman–Crippen LogP) is 4.42. The summed E-state index contributed by atoms with van der Waals surface area (Å²) in [6, 6.07) is 2.57. The van der Waals surface area contributed by atoms with Crippen LogP contribution in [0.25, 0.3) is 11.4 Å². The Bertz CT molecular complexity index is 2260. The third-order valence-electron chi connectivity index (χ3n) is 11.6. The molecule has 2 saturated carbocycles. The number of anilines is 1. The van der Waals surface area contributed by atoms with Crippen molar-refractivity contribution in [3.8, 4) is 5.75 Å². The van der Waals surface area contributed by atoms with Crippen molar-refractivity contribution in [3.63, 3.8) is 0 Å². The molecule has 13 nitrogen and oxygen atoms in total. The highest BCUT2D eigenvalue weighted by Crippen LogP contribution is 2.72. The molecule has 2 amide bonds. The van der Waals surface area contributed by atoms with Crippen molar-refractivity contribution in [3.05, 3.63) is 73.7 Å². The van der Waals surface area contributed by atoms with Crippen LogP contribution in [-0.2, 0) is 27.7 Å². The van der Waals surface area contributed by atoms with Gasteiger partial charge in [-0.2, -0.15) is 27.8 Å². The summed E-state index contributed by atoms with van der Waals surface area (Å²) < 4.78 is 48.2. The molecule has 0 bridgehead atoms. The number of halogens is 4. The molecular formula is C34H32ClF3N8O5. The lowest BCUT2D eigenvalue weighted by Gasteiger charge is -2.58.